The zero-order valence-electron chi connectivity index (χ0n) is 20.5. The van der Waals surface area contributed by atoms with Crippen LogP contribution in [0.25, 0.3) is 0 Å². The minimum absolute atomic E-state index is 0.0478. The normalized spacial score (nSPS) is 12.1. The second-order valence-electron chi connectivity index (χ2n) is 9.50. The largest absolute Gasteiger partial charge is 0.350 e. The van der Waals surface area contributed by atoms with Gasteiger partial charge in [-0.2, -0.15) is 0 Å². The van der Waals surface area contributed by atoms with E-state index in [0.717, 1.165) is 16.0 Å². The lowest BCUT2D eigenvalue weighted by atomic mass is 10.0. The molecule has 0 radical (unpaired) electrons. The van der Waals surface area contributed by atoms with Crippen LogP contribution in [0.1, 0.15) is 38.3 Å². The summed E-state index contributed by atoms with van der Waals surface area (Å²) in [5.74, 6) is 0.437. The molecule has 3 rings (SSSR count). The van der Waals surface area contributed by atoms with Crippen molar-refractivity contribution in [2.45, 2.75) is 56.6 Å². The molecule has 0 saturated heterocycles. The van der Waals surface area contributed by atoms with Crippen molar-refractivity contribution in [2.24, 2.45) is 0 Å². The smallest absolute Gasteiger partial charge is 0.243 e. The fourth-order valence-corrected chi connectivity index (χ4v) is 4.70. The van der Waals surface area contributed by atoms with E-state index in [1.807, 2.05) is 106 Å². The van der Waals surface area contributed by atoms with Crippen LogP contribution in [0, 0.1) is 0 Å². The molecule has 0 saturated carbocycles. The predicted octanol–water partition coefficient (Wildman–Crippen LogP) is 6.38. The maximum absolute atomic E-state index is 13.6. The standard InChI is InChI=1S/C29H33ClN2O2S/c1-29(2,3)31-28(34)26(20-22-10-6-4-7-11-22)32(21-23-14-16-24(30)17-15-23)27(33)18-19-35-25-12-8-5-9-13-25/h4-17,26H,18-21H2,1-3H3,(H,31,34)/t26-/m0/s1. The lowest BCUT2D eigenvalue weighted by Gasteiger charge is -2.34. The highest BCUT2D eigenvalue weighted by Crippen LogP contribution is 2.21. The molecule has 0 spiro atoms. The molecule has 35 heavy (non-hydrogen) atoms. The van der Waals surface area contributed by atoms with E-state index in [1.54, 1.807) is 16.7 Å². The minimum Gasteiger partial charge on any atom is -0.350 e. The van der Waals surface area contributed by atoms with Crippen LogP contribution >= 0.6 is 23.4 Å². The topological polar surface area (TPSA) is 49.4 Å². The number of benzene rings is 3. The number of hydrogen-bond acceptors (Lipinski definition) is 3. The van der Waals surface area contributed by atoms with Gasteiger partial charge in [0.05, 0.1) is 0 Å². The van der Waals surface area contributed by atoms with Crippen molar-refractivity contribution in [1.29, 1.82) is 0 Å². The SMILES string of the molecule is CC(C)(C)NC(=O)[C@H](Cc1ccccc1)N(Cc1ccc(Cl)cc1)C(=O)CCSc1ccccc1. The molecule has 0 aliphatic carbocycles. The first-order valence-corrected chi connectivity index (χ1v) is 13.2. The number of carbonyl (C=O) groups is 2. The molecule has 4 nitrogen and oxygen atoms in total. The first kappa shape index (κ1) is 26.8. The summed E-state index contributed by atoms with van der Waals surface area (Å²) in [5, 5.41) is 3.73. The van der Waals surface area contributed by atoms with Gasteiger partial charge in [0.15, 0.2) is 0 Å². The summed E-state index contributed by atoms with van der Waals surface area (Å²) in [6.07, 6.45) is 0.773. The Balaban J connectivity index is 1.86. The van der Waals surface area contributed by atoms with Crippen molar-refractivity contribution >= 4 is 35.2 Å². The number of nitrogens with one attached hydrogen (secondary N) is 1. The first-order valence-electron chi connectivity index (χ1n) is 11.8. The monoisotopic (exact) mass is 508 g/mol. The van der Waals surface area contributed by atoms with Gasteiger partial charge in [-0.25, -0.2) is 0 Å². The Morgan fingerprint density at radius 2 is 1.49 bits per heavy atom. The van der Waals surface area contributed by atoms with E-state index in [1.165, 1.54) is 0 Å². The summed E-state index contributed by atoms with van der Waals surface area (Å²) in [6.45, 7) is 6.19. The van der Waals surface area contributed by atoms with Gasteiger partial charge in [-0.05, 0) is 56.2 Å². The number of carbonyl (C=O) groups excluding carboxylic acids is 2. The molecule has 0 aliphatic rings. The van der Waals surface area contributed by atoms with Gasteiger partial charge in [0, 0.05) is 40.6 Å². The molecule has 3 aromatic carbocycles. The van der Waals surface area contributed by atoms with Crippen molar-refractivity contribution in [2.75, 3.05) is 5.75 Å². The third kappa shape index (κ3) is 9.08. The molecule has 6 heteroatoms. The van der Waals surface area contributed by atoms with Gasteiger partial charge in [-0.1, -0.05) is 72.3 Å². The van der Waals surface area contributed by atoms with Gasteiger partial charge >= 0.3 is 0 Å². The fourth-order valence-electron chi connectivity index (χ4n) is 3.71. The number of amides is 2. The quantitative estimate of drug-likeness (QED) is 0.323. The lowest BCUT2D eigenvalue weighted by molar-refractivity contribution is -0.141. The Hall–Kier alpha value is -2.76. The second kappa shape index (κ2) is 12.8. The van der Waals surface area contributed by atoms with E-state index in [4.69, 9.17) is 11.6 Å². The van der Waals surface area contributed by atoms with Crippen LogP contribution in [0.5, 0.6) is 0 Å². The number of nitrogens with zero attached hydrogens (tertiary/aromatic N) is 1. The Kier molecular flexibility index (Phi) is 9.82. The molecule has 1 N–H and O–H groups in total. The molecule has 184 valence electrons. The Bertz CT molecular complexity index is 1080. The summed E-state index contributed by atoms with van der Waals surface area (Å²) in [5.41, 5.74) is 1.53. The molecule has 1 atom stereocenters. The lowest BCUT2D eigenvalue weighted by Crippen LogP contribution is -2.54. The second-order valence-corrected chi connectivity index (χ2v) is 11.1. The molecule has 0 heterocycles. The molecule has 3 aromatic rings. The van der Waals surface area contributed by atoms with Crippen molar-refractivity contribution < 1.29 is 9.59 Å². The number of rotatable bonds is 10. The van der Waals surface area contributed by atoms with Crippen LogP contribution in [0.2, 0.25) is 5.02 Å². The molecule has 2 amide bonds. The van der Waals surface area contributed by atoms with Gasteiger partial charge in [0.1, 0.15) is 6.04 Å². The highest BCUT2D eigenvalue weighted by molar-refractivity contribution is 7.99. The number of halogens is 1. The van der Waals surface area contributed by atoms with E-state index in [2.05, 4.69) is 5.32 Å². The first-order chi connectivity index (χ1) is 16.7. The summed E-state index contributed by atoms with van der Waals surface area (Å²) in [6, 6.07) is 26.7. The van der Waals surface area contributed by atoms with Crippen LogP contribution in [-0.4, -0.2) is 34.0 Å². The zero-order valence-corrected chi connectivity index (χ0v) is 22.1. The average molecular weight is 509 g/mol. The van der Waals surface area contributed by atoms with Crippen molar-refractivity contribution in [3.63, 3.8) is 0 Å². The average Bonchev–Trinajstić information content (AvgIpc) is 2.82. The summed E-state index contributed by atoms with van der Waals surface area (Å²) in [7, 11) is 0. The van der Waals surface area contributed by atoms with Crippen LogP contribution < -0.4 is 5.32 Å². The minimum atomic E-state index is -0.637. The highest BCUT2D eigenvalue weighted by atomic mass is 35.5. The molecular weight excluding hydrogens is 476 g/mol. The van der Waals surface area contributed by atoms with Crippen molar-refractivity contribution in [1.82, 2.24) is 10.2 Å². The maximum Gasteiger partial charge on any atom is 0.243 e. The van der Waals surface area contributed by atoms with Crippen LogP contribution in [0.3, 0.4) is 0 Å². The Morgan fingerprint density at radius 1 is 0.886 bits per heavy atom. The predicted molar refractivity (Wildman–Crippen MR) is 146 cm³/mol. The molecule has 0 aliphatic heterocycles. The van der Waals surface area contributed by atoms with Crippen LogP contribution in [0.4, 0.5) is 0 Å². The summed E-state index contributed by atoms with van der Waals surface area (Å²) in [4.78, 5) is 30.0. The number of hydrogen-bond donors (Lipinski definition) is 1. The van der Waals surface area contributed by atoms with E-state index in [-0.39, 0.29) is 11.8 Å². The van der Waals surface area contributed by atoms with Crippen LogP contribution in [0.15, 0.2) is 89.8 Å². The van der Waals surface area contributed by atoms with Gasteiger partial charge in [-0.15, -0.1) is 11.8 Å². The summed E-state index contributed by atoms with van der Waals surface area (Å²) >= 11 is 7.73. The van der Waals surface area contributed by atoms with Crippen molar-refractivity contribution in [3.8, 4) is 0 Å². The molecule has 0 unspecified atom stereocenters. The van der Waals surface area contributed by atoms with Crippen molar-refractivity contribution in [3.05, 3.63) is 101 Å². The summed E-state index contributed by atoms with van der Waals surface area (Å²) < 4.78 is 0. The molecule has 0 fully saturated rings. The Morgan fingerprint density at radius 3 is 2.09 bits per heavy atom. The van der Waals surface area contributed by atoms with Gasteiger partial charge < -0.3 is 10.2 Å². The molecule has 0 bridgehead atoms. The Labute approximate surface area is 218 Å². The van der Waals surface area contributed by atoms with E-state index in [0.29, 0.717) is 30.2 Å². The van der Waals surface area contributed by atoms with Gasteiger partial charge in [0.2, 0.25) is 11.8 Å². The zero-order chi connectivity index (χ0) is 25.3. The van der Waals surface area contributed by atoms with Gasteiger partial charge in [-0.3, -0.25) is 9.59 Å². The fraction of sp³-hybridized carbons (Fsp3) is 0.310. The number of thioether (sulfide) groups is 1. The molecule has 0 aromatic heterocycles. The maximum atomic E-state index is 13.6. The third-order valence-corrected chi connectivity index (χ3v) is 6.63. The van der Waals surface area contributed by atoms with Crippen LogP contribution in [-0.2, 0) is 22.6 Å². The highest BCUT2D eigenvalue weighted by Gasteiger charge is 2.32. The van der Waals surface area contributed by atoms with E-state index >= 15 is 0 Å². The van der Waals surface area contributed by atoms with E-state index in [9.17, 15) is 9.59 Å². The van der Waals surface area contributed by atoms with Gasteiger partial charge in [0.25, 0.3) is 0 Å². The van der Waals surface area contributed by atoms with E-state index < -0.39 is 11.6 Å². The third-order valence-electron chi connectivity index (χ3n) is 5.36. The molecular formula is C29H33ClN2O2S.